The van der Waals surface area contributed by atoms with Gasteiger partial charge in [0.2, 0.25) is 5.43 Å². The second-order valence-corrected chi connectivity index (χ2v) is 6.59. The van der Waals surface area contributed by atoms with E-state index in [4.69, 9.17) is 0 Å². The van der Waals surface area contributed by atoms with Crippen molar-refractivity contribution >= 4 is 22.5 Å². The van der Waals surface area contributed by atoms with Crippen LogP contribution in [0.4, 0.5) is 18.9 Å². The van der Waals surface area contributed by atoms with Crippen molar-refractivity contribution in [1.29, 1.82) is 0 Å². The lowest BCUT2D eigenvalue weighted by Crippen LogP contribution is -2.24. The van der Waals surface area contributed by atoms with Crippen molar-refractivity contribution in [2.75, 3.05) is 5.32 Å². The first kappa shape index (κ1) is 19.7. The number of aryl methyl sites for hydroxylation is 2. The molecule has 0 saturated carbocycles. The summed E-state index contributed by atoms with van der Waals surface area (Å²) in [5, 5.41) is 2.56. The molecule has 2 aromatic carbocycles. The molecule has 7 heteroatoms. The third kappa shape index (κ3) is 3.52. The normalized spacial score (nSPS) is 11.6. The topological polar surface area (TPSA) is 51.1 Å². The van der Waals surface area contributed by atoms with E-state index in [1.54, 1.807) is 23.6 Å². The number of hydrogen-bond acceptors (Lipinski definition) is 2. The molecule has 3 rings (SSSR count). The van der Waals surface area contributed by atoms with Crippen LogP contribution in [0.2, 0.25) is 0 Å². The lowest BCUT2D eigenvalue weighted by Gasteiger charge is -2.14. The maximum absolute atomic E-state index is 13.1. The third-order valence-corrected chi connectivity index (χ3v) is 4.85. The lowest BCUT2D eigenvalue weighted by atomic mass is 10.1. The van der Waals surface area contributed by atoms with E-state index in [1.807, 2.05) is 19.9 Å². The van der Waals surface area contributed by atoms with Crippen LogP contribution in [0.3, 0.4) is 0 Å². The highest BCUT2D eigenvalue weighted by molar-refractivity contribution is 6.06. The highest BCUT2D eigenvalue weighted by Crippen LogP contribution is 2.31. The summed E-state index contributed by atoms with van der Waals surface area (Å²) in [5.74, 6) is -0.653. The van der Waals surface area contributed by atoms with Crippen LogP contribution in [0.5, 0.6) is 0 Å². The van der Waals surface area contributed by atoms with Crippen LogP contribution in [-0.4, -0.2) is 10.5 Å². The molecule has 0 radical (unpaired) electrons. The molecule has 0 aliphatic rings. The average Bonchev–Trinajstić information content (AvgIpc) is 2.64. The van der Waals surface area contributed by atoms with E-state index in [0.717, 1.165) is 23.3 Å². The van der Waals surface area contributed by atoms with Gasteiger partial charge in [0.15, 0.2) is 0 Å². The standard InChI is InChI=1S/C21H19F3N2O2/c1-4-26-11-16(20(28)25-17-7-5-6-12(2)13(17)3)19(27)15-10-14(21(22,23)24)8-9-18(15)26/h5-11H,4H2,1-3H3,(H,25,28). The molecule has 0 aliphatic carbocycles. The summed E-state index contributed by atoms with van der Waals surface area (Å²) in [6.07, 6.45) is -3.19. The van der Waals surface area contributed by atoms with Gasteiger partial charge in [-0.2, -0.15) is 13.2 Å². The predicted octanol–water partition coefficient (Wildman–Crippen LogP) is 4.91. The highest BCUT2D eigenvalue weighted by Gasteiger charge is 2.31. The van der Waals surface area contributed by atoms with Gasteiger partial charge in [-0.15, -0.1) is 0 Å². The summed E-state index contributed by atoms with van der Waals surface area (Å²) in [4.78, 5) is 25.6. The molecular weight excluding hydrogens is 369 g/mol. The van der Waals surface area contributed by atoms with Gasteiger partial charge in [0, 0.05) is 23.8 Å². The molecule has 0 bridgehead atoms. The summed E-state index contributed by atoms with van der Waals surface area (Å²) >= 11 is 0. The maximum atomic E-state index is 13.1. The average molecular weight is 388 g/mol. The fourth-order valence-electron chi connectivity index (χ4n) is 3.07. The largest absolute Gasteiger partial charge is 0.416 e. The number of halogens is 3. The van der Waals surface area contributed by atoms with Crippen LogP contribution < -0.4 is 10.7 Å². The van der Waals surface area contributed by atoms with E-state index >= 15 is 0 Å². The van der Waals surface area contributed by atoms with E-state index in [0.29, 0.717) is 17.7 Å². The quantitative estimate of drug-likeness (QED) is 0.693. The molecule has 1 heterocycles. The van der Waals surface area contributed by atoms with Gasteiger partial charge >= 0.3 is 6.18 Å². The summed E-state index contributed by atoms with van der Waals surface area (Å²) in [5.41, 5.74) is 0.874. The number of amides is 1. The molecule has 146 valence electrons. The van der Waals surface area contributed by atoms with Crippen molar-refractivity contribution in [1.82, 2.24) is 4.57 Å². The molecule has 0 aliphatic heterocycles. The Morgan fingerprint density at radius 3 is 2.50 bits per heavy atom. The Kier molecular flexibility index (Phi) is 5.02. The van der Waals surface area contributed by atoms with Crippen molar-refractivity contribution in [2.24, 2.45) is 0 Å². The van der Waals surface area contributed by atoms with Crippen LogP contribution in [0.1, 0.15) is 34.0 Å². The molecule has 1 aromatic heterocycles. The number of alkyl halides is 3. The van der Waals surface area contributed by atoms with Crippen LogP contribution in [0, 0.1) is 13.8 Å². The Balaban J connectivity index is 2.15. The number of fused-ring (bicyclic) bond motifs is 1. The maximum Gasteiger partial charge on any atom is 0.416 e. The molecule has 1 N–H and O–H groups in total. The van der Waals surface area contributed by atoms with Gasteiger partial charge in [-0.3, -0.25) is 9.59 Å². The van der Waals surface area contributed by atoms with Gasteiger partial charge in [-0.25, -0.2) is 0 Å². The Morgan fingerprint density at radius 1 is 1.14 bits per heavy atom. The summed E-state index contributed by atoms with van der Waals surface area (Å²) in [7, 11) is 0. The SMILES string of the molecule is CCn1cc(C(=O)Nc2cccc(C)c2C)c(=O)c2cc(C(F)(F)F)ccc21. The molecule has 0 saturated heterocycles. The smallest absolute Gasteiger partial charge is 0.347 e. The van der Waals surface area contributed by atoms with Gasteiger partial charge in [0.25, 0.3) is 5.91 Å². The summed E-state index contributed by atoms with van der Waals surface area (Å²) in [6, 6.07) is 8.38. The second-order valence-electron chi connectivity index (χ2n) is 6.59. The molecular formula is C21H19F3N2O2. The first-order valence-corrected chi connectivity index (χ1v) is 8.75. The van der Waals surface area contributed by atoms with Gasteiger partial charge in [-0.05, 0) is 56.2 Å². The number of hydrogen-bond donors (Lipinski definition) is 1. The minimum atomic E-state index is -4.57. The molecule has 0 atom stereocenters. The van der Waals surface area contributed by atoms with E-state index < -0.39 is 23.1 Å². The second kappa shape index (κ2) is 7.14. The van der Waals surface area contributed by atoms with Crippen molar-refractivity contribution in [3.05, 3.63) is 75.1 Å². The Bertz CT molecular complexity index is 1130. The lowest BCUT2D eigenvalue weighted by molar-refractivity contribution is -0.137. The molecule has 28 heavy (non-hydrogen) atoms. The first-order chi connectivity index (χ1) is 13.1. The zero-order valence-electron chi connectivity index (χ0n) is 15.6. The Morgan fingerprint density at radius 2 is 1.86 bits per heavy atom. The minimum absolute atomic E-state index is 0.134. The van der Waals surface area contributed by atoms with E-state index in [-0.39, 0.29) is 10.9 Å². The number of rotatable bonds is 3. The van der Waals surface area contributed by atoms with Crippen molar-refractivity contribution < 1.29 is 18.0 Å². The first-order valence-electron chi connectivity index (χ1n) is 8.75. The zero-order chi connectivity index (χ0) is 20.6. The molecule has 4 nitrogen and oxygen atoms in total. The number of benzene rings is 2. The van der Waals surface area contributed by atoms with Gasteiger partial charge < -0.3 is 9.88 Å². The monoisotopic (exact) mass is 388 g/mol. The van der Waals surface area contributed by atoms with Crippen LogP contribution in [0.15, 0.2) is 47.4 Å². The minimum Gasteiger partial charge on any atom is -0.347 e. The number of nitrogens with zero attached hydrogens (tertiary/aromatic N) is 1. The third-order valence-electron chi connectivity index (χ3n) is 4.85. The fourth-order valence-corrected chi connectivity index (χ4v) is 3.07. The number of carbonyl (C=O) groups excluding carboxylic acids is 1. The van der Waals surface area contributed by atoms with Crippen LogP contribution >= 0.6 is 0 Å². The Labute approximate surface area is 159 Å². The van der Waals surface area contributed by atoms with E-state index in [1.165, 1.54) is 12.3 Å². The summed E-state index contributed by atoms with van der Waals surface area (Å²) in [6.45, 7) is 5.91. The molecule has 0 fully saturated rings. The van der Waals surface area contributed by atoms with Crippen LogP contribution in [0.25, 0.3) is 10.9 Å². The molecule has 3 aromatic rings. The van der Waals surface area contributed by atoms with Gasteiger partial charge in [0.05, 0.1) is 11.1 Å². The van der Waals surface area contributed by atoms with Crippen molar-refractivity contribution in [3.63, 3.8) is 0 Å². The van der Waals surface area contributed by atoms with Gasteiger partial charge in [0.1, 0.15) is 5.56 Å². The number of anilines is 1. The highest BCUT2D eigenvalue weighted by atomic mass is 19.4. The van der Waals surface area contributed by atoms with Crippen molar-refractivity contribution in [3.8, 4) is 0 Å². The zero-order valence-corrected chi connectivity index (χ0v) is 15.6. The predicted molar refractivity (Wildman–Crippen MR) is 103 cm³/mol. The number of aromatic nitrogens is 1. The van der Waals surface area contributed by atoms with Crippen molar-refractivity contribution in [2.45, 2.75) is 33.5 Å². The molecule has 0 spiro atoms. The number of carbonyl (C=O) groups is 1. The Hall–Kier alpha value is -3.09. The number of nitrogens with one attached hydrogen (secondary N) is 1. The molecule has 1 amide bonds. The van der Waals surface area contributed by atoms with E-state index in [9.17, 15) is 22.8 Å². The summed E-state index contributed by atoms with van der Waals surface area (Å²) < 4.78 is 40.8. The fraction of sp³-hybridized carbons (Fsp3) is 0.238. The number of pyridine rings is 1. The molecule has 0 unspecified atom stereocenters. The van der Waals surface area contributed by atoms with Gasteiger partial charge in [-0.1, -0.05) is 12.1 Å². The van der Waals surface area contributed by atoms with E-state index in [2.05, 4.69) is 5.32 Å². The van der Waals surface area contributed by atoms with Crippen LogP contribution in [-0.2, 0) is 12.7 Å².